The Hall–Kier alpha value is -3.60. The van der Waals surface area contributed by atoms with Crippen LogP contribution in [0.25, 0.3) is 0 Å². The molecule has 0 aliphatic carbocycles. The van der Waals surface area contributed by atoms with Gasteiger partial charge in [-0.2, -0.15) is 0 Å². The van der Waals surface area contributed by atoms with Crippen molar-refractivity contribution >= 4 is 33.4 Å². The first-order valence-electron chi connectivity index (χ1n) is 10.8. The van der Waals surface area contributed by atoms with Crippen LogP contribution in [0.5, 0.6) is 11.5 Å². The van der Waals surface area contributed by atoms with E-state index in [0.29, 0.717) is 22.7 Å². The van der Waals surface area contributed by atoms with E-state index in [2.05, 4.69) is 5.32 Å². The van der Waals surface area contributed by atoms with Gasteiger partial charge in [0.1, 0.15) is 12.1 Å². The minimum absolute atomic E-state index is 0.0143. The number of hydrogen-bond acceptors (Lipinski definition) is 7. The van der Waals surface area contributed by atoms with Gasteiger partial charge in [0, 0.05) is 5.69 Å². The third kappa shape index (κ3) is 3.75. The largest absolute Gasteiger partial charge is 0.454 e. The normalized spacial score (nSPS) is 24.9. The molecule has 0 spiro atoms. The maximum absolute atomic E-state index is 13.4. The minimum Gasteiger partial charge on any atom is -0.454 e. The van der Waals surface area contributed by atoms with E-state index in [1.54, 1.807) is 55.5 Å². The number of anilines is 1. The van der Waals surface area contributed by atoms with Crippen LogP contribution in [-0.2, 0) is 25.0 Å². The lowest BCUT2D eigenvalue weighted by Gasteiger charge is -2.30. The SMILES string of the molecule is C[C@]1(c2ccc3c(c2)OCO3)NC(=O)N(CC(=O)N(c2ccccc2)[C@@H]2CCS(=O)(=O)C2)C1=O. The third-order valence-electron chi connectivity index (χ3n) is 6.39. The zero-order valence-electron chi connectivity index (χ0n) is 18.4. The lowest BCUT2D eigenvalue weighted by atomic mass is 9.91. The van der Waals surface area contributed by atoms with Crippen molar-refractivity contribution in [2.45, 2.75) is 24.9 Å². The van der Waals surface area contributed by atoms with Gasteiger partial charge in [0.2, 0.25) is 12.7 Å². The zero-order valence-corrected chi connectivity index (χ0v) is 19.2. The number of sulfone groups is 1. The monoisotopic (exact) mass is 485 g/mol. The molecular formula is C23H23N3O7S. The molecule has 4 amide bonds. The highest BCUT2D eigenvalue weighted by Gasteiger charge is 2.50. The van der Waals surface area contributed by atoms with Crippen LogP contribution in [0.1, 0.15) is 18.9 Å². The molecule has 1 N–H and O–H groups in total. The summed E-state index contributed by atoms with van der Waals surface area (Å²) in [5.74, 6) is -0.292. The van der Waals surface area contributed by atoms with E-state index in [4.69, 9.17) is 9.47 Å². The third-order valence-corrected chi connectivity index (χ3v) is 8.15. The number of urea groups is 1. The maximum Gasteiger partial charge on any atom is 0.325 e. The number of nitrogens with one attached hydrogen (secondary N) is 1. The number of imide groups is 1. The summed E-state index contributed by atoms with van der Waals surface area (Å²) in [4.78, 5) is 41.8. The molecule has 2 atom stereocenters. The van der Waals surface area contributed by atoms with Crippen LogP contribution in [0.3, 0.4) is 0 Å². The van der Waals surface area contributed by atoms with Crippen molar-refractivity contribution in [2.75, 3.05) is 29.7 Å². The summed E-state index contributed by atoms with van der Waals surface area (Å²) in [5, 5.41) is 2.68. The lowest BCUT2D eigenvalue weighted by Crippen LogP contribution is -2.48. The molecule has 2 aromatic rings. The van der Waals surface area contributed by atoms with Gasteiger partial charge >= 0.3 is 6.03 Å². The highest BCUT2D eigenvalue weighted by molar-refractivity contribution is 7.91. The van der Waals surface area contributed by atoms with Gasteiger partial charge in [-0.1, -0.05) is 24.3 Å². The van der Waals surface area contributed by atoms with E-state index < -0.39 is 45.8 Å². The predicted molar refractivity (Wildman–Crippen MR) is 121 cm³/mol. The molecule has 178 valence electrons. The molecule has 11 heteroatoms. The standard InChI is InChI=1S/C23H23N3O7S/c1-23(15-7-8-18-19(11-15)33-14-32-18)21(28)25(22(29)24-23)12-20(27)26(16-5-3-2-4-6-16)17-9-10-34(30,31)13-17/h2-8,11,17H,9-10,12-14H2,1H3,(H,24,29)/t17-,23-/m1/s1. The van der Waals surface area contributed by atoms with Crippen molar-refractivity contribution in [3.05, 3.63) is 54.1 Å². The molecule has 2 saturated heterocycles. The lowest BCUT2D eigenvalue weighted by molar-refractivity contribution is -0.134. The fraction of sp³-hybridized carbons (Fsp3) is 0.348. The summed E-state index contributed by atoms with van der Waals surface area (Å²) in [6, 6.07) is 12.3. The van der Waals surface area contributed by atoms with Gasteiger partial charge in [0.15, 0.2) is 21.3 Å². The molecule has 3 heterocycles. The predicted octanol–water partition coefficient (Wildman–Crippen LogP) is 1.40. The zero-order chi connectivity index (χ0) is 24.1. The summed E-state index contributed by atoms with van der Waals surface area (Å²) in [6.45, 7) is 1.12. The number of carbonyl (C=O) groups excluding carboxylic acids is 3. The fourth-order valence-electron chi connectivity index (χ4n) is 4.58. The van der Waals surface area contributed by atoms with E-state index in [0.717, 1.165) is 4.90 Å². The van der Waals surface area contributed by atoms with Crippen LogP contribution in [-0.4, -0.2) is 62.0 Å². The first kappa shape index (κ1) is 22.2. The van der Waals surface area contributed by atoms with E-state index >= 15 is 0 Å². The number of rotatable bonds is 5. The average molecular weight is 486 g/mol. The molecule has 0 unspecified atom stereocenters. The summed E-state index contributed by atoms with van der Waals surface area (Å²) < 4.78 is 34.9. The Morgan fingerprint density at radius 2 is 1.88 bits per heavy atom. The molecule has 2 aromatic carbocycles. The highest BCUT2D eigenvalue weighted by atomic mass is 32.2. The van der Waals surface area contributed by atoms with Crippen LogP contribution >= 0.6 is 0 Å². The van der Waals surface area contributed by atoms with Crippen LogP contribution < -0.4 is 19.7 Å². The van der Waals surface area contributed by atoms with Crippen LogP contribution in [0.2, 0.25) is 0 Å². The van der Waals surface area contributed by atoms with Gasteiger partial charge in [-0.3, -0.25) is 14.5 Å². The number of ether oxygens (including phenoxy) is 2. The summed E-state index contributed by atoms with van der Waals surface area (Å²) in [6.07, 6.45) is 0.290. The van der Waals surface area contributed by atoms with Crippen molar-refractivity contribution in [3.8, 4) is 11.5 Å². The van der Waals surface area contributed by atoms with Crippen LogP contribution in [0.15, 0.2) is 48.5 Å². The van der Waals surface area contributed by atoms with Gasteiger partial charge in [-0.25, -0.2) is 13.2 Å². The van der Waals surface area contributed by atoms with Gasteiger partial charge in [0.25, 0.3) is 5.91 Å². The molecule has 3 aliphatic rings. The Morgan fingerprint density at radius 1 is 1.15 bits per heavy atom. The van der Waals surface area contributed by atoms with E-state index in [9.17, 15) is 22.8 Å². The van der Waals surface area contributed by atoms with Gasteiger partial charge in [0.05, 0.1) is 17.5 Å². The van der Waals surface area contributed by atoms with Crippen molar-refractivity contribution in [1.29, 1.82) is 0 Å². The topological polar surface area (TPSA) is 122 Å². The van der Waals surface area contributed by atoms with Crippen LogP contribution in [0, 0.1) is 0 Å². The van der Waals surface area contributed by atoms with E-state index in [1.165, 1.54) is 4.90 Å². The molecule has 3 aliphatic heterocycles. The Morgan fingerprint density at radius 3 is 2.59 bits per heavy atom. The van der Waals surface area contributed by atoms with Crippen molar-refractivity contribution in [2.24, 2.45) is 0 Å². The number of carbonyl (C=O) groups is 3. The van der Waals surface area contributed by atoms with Gasteiger partial charge in [-0.05, 0) is 43.2 Å². The number of nitrogens with zero attached hydrogens (tertiary/aromatic N) is 2. The maximum atomic E-state index is 13.4. The Kier molecular flexibility index (Phi) is 5.23. The highest BCUT2D eigenvalue weighted by Crippen LogP contribution is 2.38. The Labute approximate surface area is 196 Å². The first-order chi connectivity index (χ1) is 16.2. The molecule has 2 fully saturated rings. The molecule has 0 saturated carbocycles. The van der Waals surface area contributed by atoms with Crippen molar-refractivity contribution < 1.29 is 32.3 Å². The molecule has 10 nitrogen and oxygen atoms in total. The van der Waals surface area contributed by atoms with Gasteiger partial charge < -0.3 is 19.7 Å². The number of fused-ring (bicyclic) bond motifs is 1. The Bertz CT molecular complexity index is 1280. The molecule has 0 aromatic heterocycles. The molecular weight excluding hydrogens is 462 g/mol. The second-order valence-corrected chi connectivity index (χ2v) is 10.9. The van der Waals surface area contributed by atoms with E-state index in [1.807, 2.05) is 0 Å². The second-order valence-electron chi connectivity index (χ2n) is 8.67. The number of benzene rings is 2. The summed E-state index contributed by atoms with van der Waals surface area (Å²) >= 11 is 0. The van der Waals surface area contributed by atoms with E-state index in [-0.39, 0.29) is 24.7 Å². The van der Waals surface area contributed by atoms with Crippen molar-refractivity contribution in [1.82, 2.24) is 10.2 Å². The molecule has 34 heavy (non-hydrogen) atoms. The number of amides is 4. The Balaban J connectivity index is 1.41. The van der Waals surface area contributed by atoms with Crippen molar-refractivity contribution in [3.63, 3.8) is 0 Å². The average Bonchev–Trinajstić information content (AvgIpc) is 3.47. The molecule has 5 rings (SSSR count). The first-order valence-corrected chi connectivity index (χ1v) is 12.6. The number of hydrogen-bond donors (Lipinski definition) is 1. The number of para-hydroxylation sites is 1. The van der Waals surface area contributed by atoms with Crippen LogP contribution in [0.4, 0.5) is 10.5 Å². The smallest absolute Gasteiger partial charge is 0.325 e. The molecule has 0 bridgehead atoms. The summed E-state index contributed by atoms with van der Waals surface area (Å²) in [7, 11) is -3.27. The minimum atomic E-state index is -3.27. The second kappa shape index (κ2) is 8.01. The fourth-order valence-corrected chi connectivity index (χ4v) is 6.28. The molecule has 0 radical (unpaired) electrons. The quantitative estimate of drug-likeness (QED) is 0.635. The summed E-state index contributed by atoms with van der Waals surface area (Å²) in [5.41, 5.74) is -0.390. The van der Waals surface area contributed by atoms with Gasteiger partial charge in [-0.15, -0.1) is 0 Å².